The Bertz CT molecular complexity index is 1120. The van der Waals surface area contributed by atoms with Crippen molar-refractivity contribution in [1.82, 2.24) is 9.55 Å². The van der Waals surface area contributed by atoms with Crippen LogP contribution >= 0.6 is 22.9 Å². The number of halogens is 2. The van der Waals surface area contributed by atoms with Crippen LogP contribution in [0.25, 0.3) is 27.0 Å². The average molecular weight is 357 g/mol. The topological polar surface area (TPSA) is 34.9 Å². The molecule has 3 nitrogen and oxygen atoms in total. The first-order chi connectivity index (χ1) is 11.6. The number of thiophene rings is 1. The highest BCUT2D eigenvalue weighted by Gasteiger charge is 2.15. The van der Waals surface area contributed by atoms with Crippen molar-refractivity contribution in [2.75, 3.05) is 0 Å². The van der Waals surface area contributed by atoms with Gasteiger partial charge in [-0.05, 0) is 24.3 Å². The summed E-state index contributed by atoms with van der Waals surface area (Å²) in [6.07, 6.45) is 1.45. The third-order valence-electron chi connectivity index (χ3n) is 3.73. The molecule has 0 aliphatic rings. The van der Waals surface area contributed by atoms with Crippen LogP contribution in [0.15, 0.2) is 65.0 Å². The Labute approximate surface area is 145 Å². The van der Waals surface area contributed by atoms with Crippen LogP contribution in [-0.4, -0.2) is 9.55 Å². The third-order valence-corrected chi connectivity index (χ3v) is 4.92. The van der Waals surface area contributed by atoms with Gasteiger partial charge in [-0.3, -0.25) is 9.36 Å². The highest BCUT2D eigenvalue weighted by Crippen LogP contribution is 2.32. The van der Waals surface area contributed by atoms with Gasteiger partial charge in [0.1, 0.15) is 16.8 Å². The summed E-state index contributed by atoms with van der Waals surface area (Å²) < 4.78 is 16.0. The van der Waals surface area contributed by atoms with Crippen LogP contribution in [0.3, 0.4) is 0 Å². The molecule has 2 heterocycles. The molecule has 0 aliphatic carbocycles. The molecule has 0 atom stereocenters. The van der Waals surface area contributed by atoms with E-state index in [4.69, 9.17) is 11.6 Å². The molecule has 2 aromatic heterocycles. The Balaban J connectivity index is 1.94. The summed E-state index contributed by atoms with van der Waals surface area (Å²) in [6, 6.07) is 13.5. The van der Waals surface area contributed by atoms with Gasteiger partial charge in [0.05, 0.1) is 11.2 Å². The maximum absolute atomic E-state index is 14.0. The molecule has 6 heteroatoms. The molecule has 0 bridgehead atoms. The second-order valence-electron chi connectivity index (χ2n) is 5.21. The van der Waals surface area contributed by atoms with E-state index < -0.39 is 0 Å². The number of rotatable bonds is 2. The van der Waals surface area contributed by atoms with Crippen molar-refractivity contribution in [2.45, 2.75) is 0 Å². The largest absolute Gasteiger partial charge is 0.275 e. The predicted octanol–water partition coefficient (Wildman–Crippen LogP) is 4.91. The molecule has 0 aliphatic heterocycles. The molecule has 2 aromatic carbocycles. The normalized spacial score (nSPS) is 11.1. The summed E-state index contributed by atoms with van der Waals surface area (Å²) in [7, 11) is 0. The molecular weight excluding hydrogens is 347 g/mol. The zero-order chi connectivity index (χ0) is 16.7. The van der Waals surface area contributed by atoms with Crippen LogP contribution in [-0.2, 0) is 0 Å². The Kier molecular flexibility index (Phi) is 3.67. The third kappa shape index (κ3) is 2.42. The van der Waals surface area contributed by atoms with Crippen molar-refractivity contribution >= 4 is 33.2 Å². The molecule has 4 aromatic rings. The molecule has 118 valence electrons. The van der Waals surface area contributed by atoms with Crippen LogP contribution in [0.2, 0.25) is 5.02 Å². The molecule has 0 N–H and O–H groups in total. The zero-order valence-corrected chi connectivity index (χ0v) is 13.8. The van der Waals surface area contributed by atoms with Crippen molar-refractivity contribution in [3.8, 4) is 16.8 Å². The number of hydrogen-bond acceptors (Lipinski definition) is 3. The van der Waals surface area contributed by atoms with E-state index in [1.165, 1.54) is 28.3 Å². The van der Waals surface area contributed by atoms with Gasteiger partial charge in [-0.15, -0.1) is 11.3 Å². The zero-order valence-electron chi connectivity index (χ0n) is 12.2. The molecule has 0 fully saturated rings. The molecule has 0 unspecified atom stereocenters. The standard InChI is InChI=1S/C18H10ClFN2OS/c19-11-4-3-5-12(8-11)22-10-21-16-14(9-24-17(16)18(22)23)13-6-1-2-7-15(13)20/h1-10H. The lowest BCUT2D eigenvalue weighted by Gasteiger charge is -2.06. The minimum atomic E-state index is -0.335. The average Bonchev–Trinajstić information content (AvgIpc) is 3.00. The van der Waals surface area contributed by atoms with Crippen LogP contribution in [0.5, 0.6) is 0 Å². The molecule has 0 amide bonds. The van der Waals surface area contributed by atoms with Gasteiger partial charge in [-0.25, -0.2) is 9.37 Å². The first-order valence-corrected chi connectivity index (χ1v) is 8.40. The Morgan fingerprint density at radius 2 is 1.92 bits per heavy atom. The molecule has 0 radical (unpaired) electrons. The van der Waals surface area contributed by atoms with E-state index in [2.05, 4.69) is 4.98 Å². The van der Waals surface area contributed by atoms with Gasteiger partial charge >= 0.3 is 0 Å². The molecule has 0 saturated heterocycles. The highest BCUT2D eigenvalue weighted by molar-refractivity contribution is 7.17. The van der Waals surface area contributed by atoms with E-state index in [0.717, 1.165) is 0 Å². The van der Waals surface area contributed by atoms with E-state index in [-0.39, 0.29) is 11.4 Å². The quantitative estimate of drug-likeness (QED) is 0.511. The van der Waals surface area contributed by atoms with Crippen molar-refractivity contribution < 1.29 is 4.39 Å². The fraction of sp³-hybridized carbons (Fsp3) is 0. The highest BCUT2D eigenvalue weighted by atomic mass is 35.5. The molecule has 4 rings (SSSR count). The predicted molar refractivity (Wildman–Crippen MR) is 95.6 cm³/mol. The monoisotopic (exact) mass is 356 g/mol. The first-order valence-electron chi connectivity index (χ1n) is 7.15. The molecule has 0 spiro atoms. The minimum absolute atomic E-state index is 0.199. The van der Waals surface area contributed by atoms with Gasteiger partial charge in [0.15, 0.2) is 0 Å². The van der Waals surface area contributed by atoms with Crippen molar-refractivity contribution in [3.05, 3.63) is 81.4 Å². The summed E-state index contributed by atoms with van der Waals surface area (Å²) in [6.45, 7) is 0. The van der Waals surface area contributed by atoms with Gasteiger partial charge < -0.3 is 0 Å². The lowest BCUT2D eigenvalue weighted by atomic mass is 10.1. The van der Waals surface area contributed by atoms with Crippen molar-refractivity contribution in [3.63, 3.8) is 0 Å². The number of fused-ring (bicyclic) bond motifs is 1. The fourth-order valence-corrected chi connectivity index (χ4v) is 3.72. The van der Waals surface area contributed by atoms with Crippen molar-refractivity contribution in [2.24, 2.45) is 0 Å². The lowest BCUT2D eigenvalue weighted by molar-refractivity contribution is 0.631. The SMILES string of the molecule is O=c1c2scc(-c3ccccc3F)c2ncn1-c1cccc(Cl)c1. The van der Waals surface area contributed by atoms with E-state index in [1.54, 1.807) is 47.8 Å². The Hall–Kier alpha value is -2.50. The molecule has 24 heavy (non-hydrogen) atoms. The van der Waals surface area contributed by atoms with Crippen LogP contribution in [0.1, 0.15) is 0 Å². The van der Waals surface area contributed by atoms with Crippen molar-refractivity contribution in [1.29, 1.82) is 0 Å². The second kappa shape index (κ2) is 5.85. The van der Waals surface area contributed by atoms with E-state index in [9.17, 15) is 9.18 Å². The minimum Gasteiger partial charge on any atom is -0.267 e. The number of aromatic nitrogens is 2. The summed E-state index contributed by atoms with van der Waals surface area (Å²) in [5.74, 6) is -0.335. The molecular formula is C18H10ClFN2OS. The summed E-state index contributed by atoms with van der Waals surface area (Å²) >= 11 is 7.25. The van der Waals surface area contributed by atoms with Crippen LogP contribution in [0, 0.1) is 5.82 Å². The van der Waals surface area contributed by atoms with Gasteiger partial charge in [0.25, 0.3) is 5.56 Å². The Morgan fingerprint density at radius 1 is 1.08 bits per heavy atom. The summed E-state index contributed by atoms with van der Waals surface area (Å²) in [4.78, 5) is 17.2. The Morgan fingerprint density at radius 3 is 2.71 bits per heavy atom. The van der Waals surface area contributed by atoms with Gasteiger partial charge in [-0.2, -0.15) is 0 Å². The van der Waals surface area contributed by atoms with E-state index in [1.807, 2.05) is 0 Å². The summed E-state index contributed by atoms with van der Waals surface area (Å²) in [5.41, 5.74) is 2.02. The maximum atomic E-state index is 14.0. The number of hydrogen-bond donors (Lipinski definition) is 0. The van der Waals surface area contributed by atoms with Gasteiger partial charge in [-0.1, -0.05) is 35.9 Å². The first kappa shape index (κ1) is 15.1. The van der Waals surface area contributed by atoms with Gasteiger partial charge in [0.2, 0.25) is 0 Å². The lowest BCUT2D eigenvalue weighted by Crippen LogP contribution is -2.17. The van der Waals surface area contributed by atoms with E-state index in [0.29, 0.717) is 32.1 Å². The van der Waals surface area contributed by atoms with Crippen LogP contribution in [0.4, 0.5) is 4.39 Å². The second-order valence-corrected chi connectivity index (χ2v) is 6.52. The number of nitrogens with zero attached hydrogens (tertiary/aromatic N) is 2. The fourth-order valence-electron chi connectivity index (χ4n) is 2.59. The van der Waals surface area contributed by atoms with Gasteiger partial charge in [0, 0.05) is 21.5 Å². The smallest absolute Gasteiger partial charge is 0.267 e. The molecule has 0 saturated carbocycles. The van der Waals surface area contributed by atoms with E-state index >= 15 is 0 Å². The van der Waals surface area contributed by atoms with Crippen LogP contribution < -0.4 is 5.56 Å². The summed E-state index contributed by atoms with van der Waals surface area (Å²) in [5, 5.41) is 2.30. The number of benzene rings is 2. The maximum Gasteiger partial charge on any atom is 0.275 e.